The van der Waals surface area contributed by atoms with Crippen LogP contribution in [0.25, 0.3) is 0 Å². The van der Waals surface area contributed by atoms with Crippen LogP contribution in [0.5, 0.6) is 0 Å². The van der Waals surface area contributed by atoms with Crippen LogP contribution in [0.3, 0.4) is 0 Å². The van der Waals surface area contributed by atoms with Gasteiger partial charge < -0.3 is 14.5 Å². The summed E-state index contributed by atoms with van der Waals surface area (Å²) in [6.45, 7) is 8.24. The molecule has 1 amide bonds. The van der Waals surface area contributed by atoms with Gasteiger partial charge in [-0.2, -0.15) is 5.26 Å². The van der Waals surface area contributed by atoms with Crippen molar-refractivity contribution in [2.45, 2.75) is 26.4 Å². The zero-order valence-corrected chi connectivity index (χ0v) is 12.7. The molecule has 0 aromatic carbocycles. The molecule has 1 aliphatic heterocycles. The zero-order chi connectivity index (χ0) is 15.5. The van der Waals surface area contributed by atoms with Crippen LogP contribution in [0.1, 0.15) is 26.5 Å². The second-order valence-electron chi connectivity index (χ2n) is 5.97. The number of nitrogens with zero attached hydrogens (tertiary/aromatic N) is 4. The lowest BCUT2D eigenvalue weighted by Gasteiger charge is -2.36. The molecule has 1 aromatic heterocycles. The fourth-order valence-corrected chi connectivity index (χ4v) is 2.15. The highest BCUT2D eigenvalue weighted by molar-refractivity contribution is 5.68. The SMILES string of the molecule is CC(C)(C)OC(=O)N1CCN(c2ccnc(C#N)c2)CC1. The van der Waals surface area contributed by atoms with Gasteiger partial charge in [0.15, 0.2) is 0 Å². The predicted molar refractivity (Wildman–Crippen MR) is 79.0 cm³/mol. The van der Waals surface area contributed by atoms with Crippen molar-refractivity contribution >= 4 is 11.8 Å². The first-order chi connectivity index (χ1) is 9.89. The molecule has 1 aliphatic rings. The topological polar surface area (TPSA) is 69.5 Å². The summed E-state index contributed by atoms with van der Waals surface area (Å²) < 4.78 is 5.37. The van der Waals surface area contributed by atoms with Crippen molar-refractivity contribution in [1.82, 2.24) is 9.88 Å². The average molecular weight is 288 g/mol. The van der Waals surface area contributed by atoms with Gasteiger partial charge in [0, 0.05) is 38.1 Å². The Morgan fingerprint density at radius 1 is 1.33 bits per heavy atom. The number of anilines is 1. The van der Waals surface area contributed by atoms with E-state index in [1.807, 2.05) is 32.9 Å². The molecule has 1 saturated heterocycles. The van der Waals surface area contributed by atoms with E-state index < -0.39 is 5.60 Å². The van der Waals surface area contributed by atoms with Gasteiger partial charge in [-0.05, 0) is 32.9 Å². The molecule has 0 unspecified atom stereocenters. The number of carbonyl (C=O) groups excluding carboxylic acids is 1. The fraction of sp³-hybridized carbons (Fsp3) is 0.533. The van der Waals surface area contributed by atoms with Crippen LogP contribution in [0.15, 0.2) is 18.3 Å². The number of aromatic nitrogens is 1. The van der Waals surface area contributed by atoms with Crippen molar-refractivity contribution in [3.05, 3.63) is 24.0 Å². The second-order valence-corrected chi connectivity index (χ2v) is 5.97. The van der Waals surface area contributed by atoms with Crippen molar-refractivity contribution in [2.24, 2.45) is 0 Å². The summed E-state index contributed by atoms with van der Waals surface area (Å²) in [5.74, 6) is 0. The molecule has 6 heteroatoms. The van der Waals surface area contributed by atoms with Crippen molar-refractivity contribution < 1.29 is 9.53 Å². The fourth-order valence-electron chi connectivity index (χ4n) is 2.15. The smallest absolute Gasteiger partial charge is 0.410 e. The Morgan fingerprint density at radius 3 is 2.57 bits per heavy atom. The molecule has 0 saturated carbocycles. The minimum Gasteiger partial charge on any atom is -0.444 e. The summed E-state index contributed by atoms with van der Waals surface area (Å²) in [7, 11) is 0. The van der Waals surface area contributed by atoms with Crippen molar-refractivity contribution in [3.63, 3.8) is 0 Å². The second kappa shape index (κ2) is 6.00. The molecule has 2 heterocycles. The number of nitriles is 1. The summed E-state index contributed by atoms with van der Waals surface area (Å²) in [5.41, 5.74) is 0.897. The number of amides is 1. The van der Waals surface area contributed by atoms with Gasteiger partial charge in [0.05, 0.1) is 0 Å². The average Bonchev–Trinajstić information content (AvgIpc) is 2.46. The van der Waals surface area contributed by atoms with E-state index >= 15 is 0 Å². The highest BCUT2D eigenvalue weighted by atomic mass is 16.6. The van der Waals surface area contributed by atoms with Crippen molar-refractivity contribution in [1.29, 1.82) is 5.26 Å². The Kier molecular flexibility index (Phi) is 4.32. The van der Waals surface area contributed by atoms with Crippen LogP contribution < -0.4 is 4.90 Å². The monoisotopic (exact) mass is 288 g/mol. The van der Waals surface area contributed by atoms with Gasteiger partial charge >= 0.3 is 6.09 Å². The number of carbonyl (C=O) groups is 1. The number of ether oxygens (including phenoxy) is 1. The molecular weight excluding hydrogens is 268 g/mol. The van der Waals surface area contributed by atoms with E-state index in [1.165, 1.54) is 0 Å². The molecule has 0 bridgehead atoms. The van der Waals surface area contributed by atoms with E-state index in [2.05, 4.69) is 9.88 Å². The minimum atomic E-state index is -0.471. The zero-order valence-electron chi connectivity index (χ0n) is 12.7. The predicted octanol–water partition coefficient (Wildman–Crippen LogP) is 2.01. The highest BCUT2D eigenvalue weighted by Gasteiger charge is 2.25. The van der Waals surface area contributed by atoms with Crippen LogP contribution in [0.4, 0.5) is 10.5 Å². The van der Waals surface area contributed by atoms with Gasteiger partial charge in [0.25, 0.3) is 0 Å². The van der Waals surface area contributed by atoms with Crippen LogP contribution >= 0.6 is 0 Å². The van der Waals surface area contributed by atoms with Gasteiger partial charge in [-0.15, -0.1) is 0 Å². The molecule has 0 radical (unpaired) electrons. The molecular formula is C15H20N4O2. The number of hydrogen-bond acceptors (Lipinski definition) is 5. The van der Waals surface area contributed by atoms with Gasteiger partial charge in [0.1, 0.15) is 17.4 Å². The number of pyridine rings is 1. The third-order valence-electron chi connectivity index (χ3n) is 3.15. The van der Waals surface area contributed by atoms with E-state index in [-0.39, 0.29) is 6.09 Å². The first-order valence-electron chi connectivity index (χ1n) is 6.98. The first-order valence-corrected chi connectivity index (χ1v) is 6.98. The quantitative estimate of drug-likeness (QED) is 0.790. The van der Waals surface area contributed by atoms with E-state index in [0.717, 1.165) is 5.69 Å². The Hall–Kier alpha value is -2.29. The van der Waals surface area contributed by atoms with Crippen molar-refractivity contribution in [3.8, 4) is 6.07 Å². The van der Waals surface area contributed by atoms with Gasteiger partial charge in [-0.3, -0.25) is 0 Å². The summed E-state index contributed by atoms with van der Waals surface area (Å²) in [4.78, 5) is 19.8. The highest BCUT2D eigenvalue weighted by Crippen LogP contribution is 2.18. The van der Waals surface area contributed by atoms with Crippen LogP contribution in [-0.4, -0.2) is 47.8 Å². The molecule has 0 atom stereocenters. The van der Waals surface area contributed by atoms with E-state index in [4.69, 9.17) is 10.00 Å². The van der Waals surface area contributed by atoms with Gasteiger partial charge in [0.2, 0.25) is 0 Å². The van der Waals surface area contributed by atoms with Crippen LogP contribution in [-0.2, 0) is 4.74 Å². The third kappa shape index (κ3) is 4.09. The maximum atomic E-state index is 12.0. The number of piperazine rings is 1. The lowest BCUT2D eigenvalue weighted by atomic mass is 10.2. The lowest BCUT2D eigenvalue weighted by molar-refractivity contribution is 0.0240. The van der Waals surface area contributed by atoms with Gasteiger partial charge in [-0.1, -0.05) is 0 Å². The molecule has 1 fully saturated rings. The maximum Gasteiger partial charge on any atom is 0.410 e. The Morgan fingerprint density at radius 2 is 2.00 bits per heavy atom. The number of hydrogen-bond donors (Lipinski definition) is 0. The van der Waals surface area contributed by atoms with Gasteiger partial charge in [-0.25, -0.2) is 9.78 Å². The Balaban J connectivity index is 1.94. The summed E-state index contributed by atoms with van der Waals surface area (Å²) in [5, 5.41) is 8.88. The molecule has 0 spiro atoms. The van der Waals surface area contributed by atoms with E-state index in [1.54, 1.807) is 17.2 Å². The molecule has 21 heavy (non-hydrogen) atoms. The normalized spacial score (nSPS) is 15.5. The molecule has 112 valence electrons. The lowest BCUT2D eigenvalue weighted by Crippen LogP contribution is -2.50. The summed E-state index contributed by atoms with van der Waals surface area (Å²) in [6.07, 6.45) is 1.36. The summed E-state index contributed by atoms with van der Waals surface area (Å²) in [6, 6.07) is 5.68. The standard InChI is InChI=1S/C15H20N4O2/c1-15(2,3)21-14(20)19-8-6-18(7-9-19)13-4-5-17-12(10-13)11-16/h4-5,10H,6-9H2,1-3H3. The minimum absolute atomic E-state index is 0.269. The number of rotatable bonds is 1. The molecule has 6 nitrogen and oxygen atoms in total. The molecule has 1 aromatic rings. The third-order valence-corrected chi connectivity index (χ3v) is 3.15. The summed E-state index contributed by atoms with van der Waals surface area (Å²) >= 11 is 0. The van der Waals surface area contributed by atoms with Crippen LogP contribution in [0.2, 0.25) is 0 Å². The Labute approximate surface area is 124 Å². The van der Waals surface area contributed by atoms with E-state index in [9.17, 15) is 4.79 Å². The maximum absolute atomic E-state index is 12.0. The Bertz CT molecular complexity index is 552. The van der Waals surface area contributed by atoms with Crippen molar-refractivity contribution in [2.75, 3.05) is 31.1 Å². The molecule has 0 aliphatic carbocycles. The first kappa shape index (κ1) is 15.1. The molecule has 0 N–H and O–H groups in total. The van der Waals surface area contributed by atoms with E-state index in [0.29, 0.717) is 31.9 Å². The van der Waals surface area contributed by atoms with Crippen LogP contribution in [0, 0.1) is 11.3 Å². The molecule has 2 rings (SSSR count). The largest absolute Gasteiger partial charge is 0.444 e.